The Bertz CT molecular complexity index is 2920. The summed E-state index contributed by atoms with van der Waals surface area (Å²) in [4.78, 5) is 17.5. The molecule has 0 aliphatic rings. The van der Waals surface area contributed by atoms with Crippen LogP contribution in [0.5, 0.6) is 0 Å². The Kier molecular flexibility index (Phi) is 16.6. The molecular formula is C50H27BF24N2OS. The van der Waals surface area contributed by atoms with Crippen molar-refractivity contribution in [2.24, 2.45) is 0 Å². The number of alkyl halides is 24. The number of ketones is 1. The van der Waals surface area contributed by atoms with Gasteiger partial charge < -0.3 is 0 Å². The molecule has 0 N–H and O–H groups in total. The molecule has 0 fully saturated rings. The molecule has 29 heteroatoms. The van der Waals surface area contributed by atoms with E-state index in [1.165, 1.54) is 0 Å². The first-order chi connectivity index (χ1) is 36.0. The fourth-order valence-electron chi connectivity index (χ4n) is 8.38. The molecule has 420 valence electrons. The van der Waals surface area contributed by atoms with E-state index in [1.807, 2.05) is 65.4 Å². The largest absolute Gasteiger partial charge is 0.416 e. The minimum Gasteiger partial charge on any atom is -0.287 e. The molecule has 0 aliphatic heterocycles. The highest BCUT2D eigenvalue weighted by Gasteiger charge is 2.47. The summed E-state index contributed by atoms with van der Waals surface area (Å²) in [6.07, 6.45) is -49.5. The van der Waals surface area contributed by atoms with E-state index in [4.69, 9.17) is 0 Å². The Hall–Kier alpha value is -7.20. The lowest BCUT2D eigenvalue weighted by Gasteiger charge is -2.46. The van der Waals surface area contributed by atoms with Crippen LogP contribution in [0.4, 0.5) is 105 Å². The number of benzene rings is 6. The molecule has 0 saturated carbocycles. The van der Waals surface area contributed by atoms with Crippen LogP contribution in [-0.2, 0) is 56.0 Å². The molecule has 0 aliphatic carbocycles. The average Bonchev–Trinajstić information content (AvgIpc) is 3.43. The van der Waals surface area contributed by atoms with Gasteiger partial charge in [-0.05, 0) is 36.4 Å². The van der Waals surface area contributed by atoms with E-state index < -0.39 is 195 Å². The number of Topliss-reactive ketones (excluding diaryl/α,β-unsaturated/α-hetero) is 1. The number of aromatic nitrogens is 2. The zero-order valence-electron chi connectivity index (χ0n) is 38.5. The fraction of sp³-hybridized carbons (Fsp3) is 0.180. The summed E-state index contributed by atoms with van der Waals surface area (Å²) >= 11 is 4.49. The quantitative estimate of drug-likeness (QED) is 0.0541. The molecule has 0 bridgehead atoms. The molecule has 0 atom stereocenters. The highest BCUT2D eigenvalue weighted by atomic mass is 32.1. The van der Waals surface area contributed by atoms with Gasteiger partial charge in [0.25, 0.3) is 0 Å². The summed E-state index contributed by atoms with van der Waals surface area (Å²) in [7, 11) is 0. The first-order valence-electron chi connectivity index (χ1n) is 21.6. The number of hydrogen-bond acceptors (Lipinski definition) is 3. The summed E-state index contributed by atoms with van der Waals surface area (Å²) < 4.78 is 343. The molecule has 6 aromatic carbocycles. The highest BCUT2D eigenvalue weighted by Crippen LogP contribution is 2.41. The summed E-state index contributed by atoms with van der Waals surface area (Å²) in [6.45, 7) is 0.268. The Labute approximate surface area is 433 Å². The zero-order valence-corrected chi connectivity index (χ0v) is 39.4. The van der Waals surface area contributed by atoms with Gasteiger partial charge in [-0.15, -0.1) is 12.6 Å². The van der Waals surface area contributed by atoms with E-state index in [1.54, 1.807) is 12.4 Å². The van der Waals surface area contributed by atoms with E-state index in [2.05, 4.69) is 17.6 Å². The Morgan fingerprint density at radius 3 is 0.962 bits per heavy atom. The maximum atomic E-state index is 14.2. The molecule has 0 unspecified atom stereocenters. The summed E-state index contributed by atoms with van der Waals surface area (Å²) in [5.74, 6) is 0.0645. The van der Waals surface area contributed by atoms with Gasteiger partial charge in [-0.1, -0.05) is 91.0 Å². The van der Waals surface area contributed by atoms with Crippen molar-refractivity contribution in [1.29, 1.82) is 0 Å². The van der Waals surface area contributed by atoms with Gasteiger partial charge in [0.05, 0.1) is 62.5 Å². The second kappa shape index (κ2) is 21.5. The summed E-state index contributed by atoms with van der Waals surface area (Å²) in [6, 6.07) is 8.27. The molecule has 0 saturated heterocycles. The van der Waals surface area contributed by atoms with Crippen LogP contribution < -0.4 is 26.4 Å². The van der Waals surface area contributed by atoms with Crippen molar-refractivity contribution in [3.8, 4) is 11.3 Å². The third-order valence-electron chi connectivity index (χ3n) is 11.9. The maximum absolute atomic E-state index is 14.2. The molecular weight excluding hydrogens is 1140 g/mol. The highest BCUT2D eigenvalue weighted by molar-refractivity contribution is 7.80. The number of rotatable bonds is 8. The van der Waals surface area contributed by atoms with E-state index in [-0.39, 0.29) is 12.3 Å². The smallest absolute Gasteiger partial charge is 0.287 e. The topological polar surface area (TPSA) is 33.8 Å². The Balaban J connectivity index is 0.000000378. The van der Waals surface area contributed by atoms with Crippen LogP contribution in [0.25, 0.3) is 11.3 Å². The van der Waals surface area contributed by atoms with E-state index in [0.717, 1.165) is 16.2 Å². The second-order valence-corrected chi connectivity index (χ2v) is 17.6. The lowest BCUT2D eigenvalue weighted by atomic mass is 9.12. The Morgan fingerprint density at radius 1 is 0.405 bits per heavy atom. The Morgan fingerprint density at radius 2 is 0.684 bits per heavy atom. The van der Waals surface area contributed by atoms with Crippen LogP contribution in [0.15, 0.2) is 151 Å². The molecule has 1 aromatic heterocycles. The van der Waals surface area contributed by atoms with Gasteiger partial charge >= 0.3 is 49.4 Å². The second-order valence-electron chi connectivity index (χ2n) is 17.1. The number of thiol groups is 1. The van der Waals surface area contributed by atoms with Gasteiger partial charge in [0.15, 0.2) is 6.20 Å². The van der Waals surface area contributed by atoms with Gasteiger partial charge in [0, 0.05) is 10.5 Å². The number of carbonyl (C=O) groups excluding carboxylic acids is 1. The van der Waals surface area contributed by atoms with Crippen molar-refractivity contribution in [2.75, 3.05) is 0 Å². The molecule has 3 nitrogen and oxygen atoms in total. The van der Waals surface area contributed by atoms with Crippen LogP contribution in [0.2, 0.25) is 0 Å². The third kappa shape index (κ3) is 14.0. The van der Waals surface area contributed by atoms with Crippen molar-refractivity contribution in [3.63, 3.8) is 0 Å². The van der Waals surface area contributed by atoms with Gasteiger partial charge in [-0.25, -0.2) is 0 Å². The van der Waals surface area contributed by atoms with Gasteiger partial charge in [0.1, 0.15) is 6.15 Å². The molecule has 0 amide bonds. The predicted molar refractivity (Wildman–Crippen MR) is 238 cm³/mol. The van der Waals surface area contributed by atoms with E-state index >= 15 is 0 Å². The van der Waals surface area contributed by atoms with Crippen LogP contribution in [-0.4, -0.2) is 16.9 Å². The SMILES string of the molecule is FC(F)(F)c1cc([B-](c2cc(C(F)(F)F)cc(C(F)(F)F)c2)(c2cc(C(F)(F)F)cc(C(F)(F)F)c2)c2cc(C(F)(F)F)cc(C(F)(F)F)c2)cc(C(F)(F)F)c1.O=C(C[n+]1ccncc1-c1ccccc1S)c1ccccc1. The third-order valence-corrected chi connectivity index (χ3v) is 12.3. The number of hydrogen-bond donors (Lipinski definition) is 1. The normalized spacial score (nSPS) is 13.2. The van der Waals surface area contributed by atoms with E-state index in [9.17, 15) is 110 Å². The van der Waals surface area contributed by atoms with Crippen LogP contribution >= 0.6 is 12.6 Å². The zero-order chi connectivity index (χ0) is 59.3. The van der Waals surface area contributed by atoms with Crippen molar-refractivity contribution in [2.45, 2.75) is 60.9 Å². The monoisotopic (exact) mass is 1170 g/mol. The molecule has 0 spiro atoms. The first kappa shape index (κ1) is 61.0. The molecule has 7 aromatic rings. The van der Waals surface area contributed by atoms with Gasteiger partial charge in [-0.3, -0.25) is 9.78 Å². The molecule has 7 rings (SSSR count). The molecule has 0 radical (unpaired) electrons. The van der Waals surface area contributed by atoms with Crippen LogP contribution in [0.1, 0.15) is 54.9 Å². The van der Waals surface area contributed by atoms with Crippen molar-refractivity contribution in [1.82, 2.24) is 4.98 Å². The number of halogens is 24. The van der Waals surface area contributed by atoms with Crippen molar-refractivity contribution in [3.05, 3.63) is 196 Å². The predicted octanol–water partition coefficient (Wildman–Crippen LogP) is 14.4. The number of nitrogens with zero attached hydrogens (tertiary/aromatic N) is 2. The van der Waals surface area contributed by atoms with Gasteiger partial charge in [0.2, 0.25) is 18.0 Å². The lowest BCUT2D eigenvalue weighted by molar-refractivity contribution is -0.672. The average molecular weight is 1170 g/mol. The van der Waals surface area contributed by atoms with Crippen molar-refractivity contribution < 1.29 is 115 Å². The maximum Gasteiger partial charge on any atom is 0.416 e. The fourth-order valence-corrected chi connectivity index (χ4v) is 8.66. The minimum absolute atomic E-state index is 0.0645. The number of carbonyl (C=O) groups is 1. The van der Waals surface area contributed by atoms with Gasteiger partial charge in [-0.2, -0.15) is 132 Å². The lowest BCUT2D eigenvalue weighted by Crippen LogP contribution is -2.75. The first-order valence-corrected chi connectivity index (χ1v) is 22.0. The summed E-state index contributed by atoms with van der Waals surface area (Å²) in [5, 5.41) is 0. The molecule has 1 heterocycles. The minimum atomic E-state index is -6.13. The van der Waals surface area contributed by atoms with Crippen LogP contribution in [0, 0.1) is 0 Å². The van der Waals surface area contributed by atoms with Crippen molar-refractivity contribution >= 4 is 46.4 Å². The molecule has 79 heavy (non-hydrogen) atoms. The summed E-state index contributed by atoms with van der Waals surface area (Å²) in [5.41, 5.74) is -27.7. The van der Waals surface area contributed by atoms with E-state index in [0.29, 0.717) is 5.56 Å². The van der Waals surface area contributed by atoms with Crippen LogP contribution in [0.3, 0.4) is 0 Å². The standard InChI is InChI=1S/C32H12BF24.C18H14N2OS/c34-25(35,36)13-1-14(26(37,38)39)6-21(5-13)33(22-7-15(27(40,41)42)2-16(8-22)28(43,44)45,23-9-17(29(46,47)48)3-18(10-23)30(49,50)51)24-11-19(31(52,53)54)4-20(12-24)32(55,56)57;21-17(14-6-2-1-3-7-14)13-20-11-10-19-12-16(20)15-8-4-5-9-18(15)22/h1-12H;1-12H,13H2/q-1;/p+1.